The fraction of sp³-hybridized carbons (Fsp3) is 0.667. The molecule has 16 heteroatoms. The monoisotopic (exact) mass is 665 g/mol. The van der Waals surface area contributed by atoms with E-state index in [0.29, 0.717) is 6.61 Å². The van der Waals surface area contributed by atoms with Crippen molar-refractivity contribution in [1.82, 2.24) is 4.57 Å². The fourth-order valence-electron chi connectivity index (χ4n) is 3.91. The topological polar surface area (TPSA) is 100 Å². The number of benzene rings is 1. The summed E-state index contributed by atoms with van der Waals surface area (Å²) in [6.07, 6.45) is 23.3. The first-order valence-corrected chi connectivity index (χ1v) is 17.1. The zero-order valence-electron chi connectivity index (χ0n) is 24.4. The van der Waals surface area contributed by atoms with Gasteiger partial charge >= 0.3 is 11.0 Å². The lowest BCUT2D eigenvalue weighted by Gasteiger charge is -2.22. The van der Waals surface area contributed by atoms with Gasteiger partial charge in [-0.2, -0.15) is 26.3 Å². The second kappa shape index (κ2) is 18.5. The summed E-state index contributed by atoms with van der Waals surface area (Å²) in [6, 6.07) is 8.29. The van der Waals surface area contributed by atoms with Gasteiger partial charge in [-0.15, -0.1) is 0 Å². The molecule has 0 radical (unpaired) electrons. The lowest BCUT2D eigenvalue weighted by atomic mass is 10.1. The second-order valence-corrected chi connectivity index (χ2v) is 13.2. The normalized spacial score (nSPS) is 12.6. The number of aryl methyl sites for hydroxylation is 1. The van der Waals surface area contributed by atoms with E-state index in [2.05, 4.69) is 46.9 Å². The molecule has 43 heavy (non-hydrogen) atoms. The van der Waals surface area contributed by atoms with E-state index in [1.807, 2.05) is 19.1 Å². The Bertz CT molecular complexity index is 1220. The van der Waals surface area contributed by atoms with Crippen molar-refractivity contribution in [2.75, 3.05) is 6.61 Å². The summed E-state index contributed by atoms with van der Waals surface area (Å²) in [5.41, 5.74) is -11.2. The highest BCUT2D eigenvalue weighted by molar-refractivity contribution is 8.13. The minimum atomic E-state index is -6.72. The van der Waals surface area contributed by atoms with Crippen LogP contribution in [-0.2, 0) is 26.6 Å². The first-order valence-electron chi connectivity index (χ1n) is 14.2. The Morgan fingerprint density at radius 1 is 0.721 bits per heavy atom. The first kappa shape index (κ1) is 38.7. The van der Waals surface area contributed by atoms with Crippen LogP contribution in [-0.4, -0.2) is 39.0 Å². The molecule has 2 aromatic rings. The summed E-state index contributed by atoms with van der Waals surface area (Å²) < 4.78 is 119. The van der Waals surface area contributed by atoms with Crippen molar-refractivity contribution in [2.24, 2.45) is 0 Å². The molecule has 1 heterocycles. The summed E-state index contributed by atoms with van der Waals surface area (Å²) in [5, 5.41) is 0. The Morgan fingerprint density at radius 3 is 1.58 bits per heavy atom. The summed E-state index contributed by atoms with van der Waals surface area (Å²) >= 11 is 0. The third-order valence-corrected chi connectivity index (χ3v) is 8.93. The van der Waals surface area contributed by atoms with Crippen molar-refractivity contribution in [1.29, 1.82) is 0 Å². The molecule has 1 aromatic carbocycles. The minimum absolute atomic E-state index is 0.710. The Hall–Kier alpha value is -2.33. The van der Waals surface area contributed by atoms with Crippen LogP contribution in [0.5, 0.6) is 5.75 Å². The highest BCUT2D eigenvalue weighted by atomic mass is 32.3. The van der Waals surface area contributed by atoms with Crippen LogP contribution in [0.1, 0.15) is 90.9 Å². The number of imidazole rings is 1. The molecule has 0 aliphatic carbocycles. The Kier molecular flexibility index (Phi) is 16.6. The van der Waals surface area contributed by atoms with Crippen molar-refractivity contribution in [3.05, 3.63) is 47.1 Å². The molecule has 248 valence electrons. The maximum atomic E-state index is 11.4. The van der Waals surface area contributed by atoms with Gasteiger partial charge in [0.1, 0.15) is 23.8 Å². The van der Waals surface area contributed by atoms with Crippen molar-refractivity contribution in [3.8, 4) is 11.4 Å². The quantitative estimate of drug-likeness (QED) is 0.0915. The molecule has 0 amide bonds. The van der Waals surface area contributed by atoms with Crippen molar-refractivity contribution in [3.63, 3.8) is 0 Å². The van der Waals surface area contributed by atoms with Gasteiger partial charge in [-0.05, 0) is 44.0 Å². The number of ether oxygens (including phenoxy) is 1. The molecule has 2 rings (SSSR count). The van der Waals surface area contributed by atoms with Gasteiger partial charge in [0.25, 0.3) is 0 Å². The van der Waals surface area contributed by atoms with Gasteiger partial charge in [-0.1, -0.05) is 71.1 Å². The largest absolute Gasteiger partial charge is 0.494 e. The van der Waals surface area contributed by atoms with Gasteiger partial charge in [0.15, 0.2) is 20.0 Å². The van der Waals surface area contributed by atoms with E-state index in [4.69, 9.17) is 4.74 Å². The number of sulfonamides is 2. The minimum Gasteiger partial charge on any atom is -0.494 e. The standard InChI is InChI=1S/C25H41N2O.C2F6NO4S2/c1-3-5-6-7-8-9-10-11-12-13-14-15-20-26-21-22-27(23-26)24-16-18-25(19-17-24)28-4-2;3-1(4,5)14(10,11)9-15(12,13)2(6,7)8/h16-19,21-23H,3-15,20H2,1-2H3;/q+1;-1. The molecular weight excluding hydrogens is 624 g/mol. The molecule has 0 unspecified atom stereocenters. The van der Waals surface area contributed by atoms with E-state index in [-0.39, 0.29) is 0 Å². The average molecular weight is 666 g/mol. The van der Waals surface area contributed by atoms with Crippen molar-refractivity contribution < 1.29 is 52.5 Å². The predicted octanol–water partition coefficient (Wildman–Crippen LogP) is 7.92. The predicted molar refractivity (Wildman–Crippen MR) is 152 cm³/mol. The van der Waals surface area contributed by atoms with Crippen LogP contribution in [0.4, 0.5) is 26.3 Å². The molecule has 0 saturated heterocycles. The summed E-state index contributed by atoms with van der Waals surface area (Å²) in [5.74, 6) is 0.933. The number of hydrogen-bond donors (Lipinski definition) is 0. The molecule has 0 N–H and O–H groups in total. The Labute approximate surface area is 250 Å². The number of hydrogen-bond acceptors (Lipinski definition) is 5. The molecular formula is C27H41F6N3O5S2. The van der Waals surface area contributed by atoms with Gasteiger partial charge in [-0.3, -0.25) is 0 Å². The highest BCUT2D eigenvalue weighted by Crippen LogP contribution is 2.36. The third-order valence-electron chi connectivity index (χ3n) is 6.19. The van der Waals surface area contributed by atoms with E-state index in [0.717, 1.165) is 16.4 Å². The fourth-order valence-corrected chi connectivity index (χ4v) is 5.62. The molecule has 0 bridgehead atoms. The number of aromatic nitrogens is 2. The van der Waals surface area contributed by atoms with Crippen LogP contribution in [0.15, 0.2) is 43.0 Å². The van der Waals surface area contributed by atoms with Crippen molar-refractivity contribution in [2.45, 2.75) is 108 Å². The summed E-state index contributed by atoms with van der Waals surface area (Å²) in [6.45, 7) is 6.12. The molecule has 1 aromatic heterocycles. The first-order chi connectivity index (χ1) is 20.0. The Morgan fingerprint density at radius 2 is 1.16 bits per heavy atom. The van der Waals surface area contributed by atoms with Gasteiger partial charge < -0.3 is 8.86 Å². The summed E-state index contributed by atoms with van der Waals surface area (Å²) in [7, 11) is -13.4. The number of alkyl halides is 6. The third kappa shape index (κ3) is 14.8. The zero-order chi connectivity index (χ0) is 32.6. The van der Waals surface area contributed by atoms with Crippen LogP contribution in [0, 0.1) is 0 Å². The number of nitrogens with zero attached hydrogens (tertiary/aromatic N) is 3. The van der Waals surface area contributed by atoms with Crippen LogP contribution < -0.4 is 9.30 Å². The average Bonchev–Trinajstić information content (AvgIpc) is 3.37. The van der Waals surface area contributed by atoms with Gasteiger partial charge in [0, 0.05) is 0 Å². The van der Waals surface area contributed by atoms with Crippen molar-refractivity contribution >= 4 is 20.0 Å². The highest BCUT2D eigenvalue weighted by Gasteiger charge is 2.46. The molecule has 0 atom stereocenters. The molecule has 0 spiro atoms. The van der Waals surface area contributed by atoms with E-state index in [1.54, 1.807) is 0 Å². The molecule has 0 saturated carbocycles. The lowest BCUT2D eigenvalue weighted by Crippen LogP contribution is -2.30. The van der Waals surface area contributed by atoms with E-state index >= 15 is 0 Å². The van der Waals surface area contributed by atoms with Crippen LogP contribution >= 0.6 is 0 Å². The maximum absolute atomic E-state index is 11.4. The Balaban J connectivity index is 0.000000523. The van der Waals surface area contributed by atoms with Gasteiger partial charge in [0.05, 0.1) is 13.2 Å². The molecule has 0 aliphatic heterocycles. The lowest BCUT2D eigenvalue weighted by molar-refractivity contribution is -0.696. The number of halogens is 6. The van der Waals surface area contributed by atoms with Crippen LogP contribution in [0.3, 0.4) is 0 Å². The van der Waals surface area contributed by atoms with Crippen LogP contribution in [0.25, 0.3) is 9.81 Å². The zero-order valence-corrected chi connectivity index (χ0v) is 26.0. The maximum Gasteiger partial charge on any atom is 0.480 e. The molecule has 0 aliphatic rings. The van der Waals surface area contributed by atoms with Gasteiger partial charge in [-0.25, -0.2) is 26.0 Å². The van der Waals surface area contributed by atoms with E-state index < -0.39 is 31.1 Å². The summed E-state index contributed by atoms with van der Waals surface area (Å²) in [4.78, 5) is 0. The van der Waals surface area contributed by atoms with E-state index in [1.165, 1.54) is 82.7 Å². The van der Waals surface area contributed by atoms with Gasteiger partial charge in [0.2, 0.25) is 6.33 Å². The number of rotatable bonds is 18. The van der Waals surface area contributed by atoms with Crippen LogP contribution in [0.2, 0.25) is 0 Å². The number of unbranched alkanes of at least 4 members (excludes halogenated alkanes) is 11. The smallest absolute Gasteiger partial charge is 0.480 e. The second-order valence-electron chi connectivity index (χ2n) is 9.79. The molecule has 8 nitrogen and oxygen atoms in total. The van der Waals surface area contributed by atoms with E-state index in [9.17, 15) is 43.2 Å². The molecule has 0 fully saturated rings. The SMILES string of the molecule is CCCCCCCCCCCCCC[n+]1ccn(-c2ccc(OCC)cc2)c1.O=S(=O)([N-]S(=O)(=O)C(F)(F)F)C(F)(F)F.